The molecular formula is C16H18F3N3O3. The van der Waals surface area contributed by atoms with Gasteiger partial charge in [0.15, 0.2) is 6.23 Å². The molecule has 1 unspecified atom stereocenters. The fraction of sp³-hybridized carbons (Fsp3) is 0.438. The lowest BCUT2D eigenvalue weighted by Crippen LogP contribution is -2.32. The third-order valence-corrected chi connectivity index (χ3v) is 3.55. The smallest absolute Gasteiger partial charge is 0.357 e. The van der Waals surface area contributed by atoms with E-state index in [0.29, 0.717) is 17.5 Å². The minimum atomic E-state index is -4.69. The van der Waals surface area contributed by atoms with Gasteiger partial charge in [0.25, 0.3) is 0 Å². The van der Waals surface area contributed by atoms with Crippen LogP contribution in [0.25, 0.3) is 11.4 Å². The summed E-state index contributed by atoms with van der Waals surface area (Å²) in [5, 5.41) is 3.33. The molecule has 1 aromatic heterocycles. The second kappa shape index (κ2) is 7.64. The van der Waals surface area contributed by atoms with Gasteiger partial charge in [0, 0.05) is 31.7 Å². The average molecular weight is 357 g/mol. The Bertz CT molecular complexity index is 713. The van der Waals surface area contributed by atoms with Crippen LogP contribution in [-0.2, 0) is 15.7 Å². The Labute approximate surface area is 142 Å². The zero-order chi connectivity index (χ0) is 18.6. The molecule has 2 rings (SSSR count). The van der Waals surface area contributed by atoms with Crippen LogP contribution in [-0.4, -0.2) is 35.1 Å². The molecule has 2 aromatic rings. The number of carbonyl (C=O) groups is 1. The molecule has 1 heterocycles. The summed E-state index contributed by atoms with van der Waals surface area (Å²) in [6, 6.07) is 6.38. The van der Waals surface area contributed by atoms with Crippen LogP contribution >= 0.6 is 0 Å². The van der Waals surface area contributed by atoms with Gasteiger partial charge >= 0.3 is 12.1 Å². The van der Waals surface area contributed by atoms with Crippen molar-refractivity contribution in [2.24, 2.45) is 0 Å². The van der Waals surface area contributed by atoms with Crippen molar-refractivity contribution in [1.82, 2.24) is 15.0 Å². The van der Waals surface area contributed by atoms with Crippen LogP contribution in [0.4, 0.5) is 13.2 Å². The van der Waals surface area contributed by atoms with Crippen LogP contribution < -0.4 is 0 Å². The minimum Gasteiger partial charge on any atom is -0.357 e. The molecule has 1 aromatic carbocycles. The van der Waals surface area contributed by atoms with Crippen LogP contribution in [0.2, 0.25) is 0 Å². The van der Waals surface area contributed by atoms with E-state index >= 15 is 0 Å². The number of aromatic nitrogens is 2. The maximum atomic E-state index is 12.5. The largest absolute Gasteiger partial charge is 0.471 e. The SMILES string of the molecule is CCCC(=O)N(C)C(OC)c1ccc(-c2noc(C(F)(F)F)n2)cc1. The van der Waals surface area contributed by atoms with E-state index in [1.54, 1.807) is 31.3 Å². The molecular weight excluding hydrogens is 339 g/mol. The number of rotatable bonds is 6. The van der Waals surface area contributed by atoms with Gasteiger partial charge in [0.2, 0.25) is 11.7 Å². The molecule has 0 aliphatic rings. The Hall–Kier alpha value is -2.42. The Morgan fingerprint density at radius 3 is 2.44 bits per heavy atom. The van der Waals surface area contributed by atoms with Crippen molar-refractivity contribution in [3.05, 3.63) is 35.7 Å². The Morgan fingerprint density at radius 2 is 1.96 bits per heavy atom. The van der Waals surface area contributed by atoms with Gasteiger partial charge in [-0.1, -0.05) is 36.3 Å². The Balaban J connectivity index is 2.20. The molecule has 0 aliphatic heterocycles. The first kappa shape index (κ1) is 18.9. The quantitative estimate of drug-likeness (QED) is 0.738. The van der Waals surface area contributed by atoms with Crippen molar-refractivity contribution in [1.29, 1.82) is 0 Å². The molecule has 0 radical (unpaired) electrons. The molecule has 1 atom stereocenters. The molecule has 0 bridgehead atoms. The monoisotopic (exact) mass is 357 g/mol. The highest BCUT2D eigenvalue weighted by atomic mass is 19.4. The van der Waals surface area contributed by atoms with Crippen molar-refractivity contribution in [2.75, 3.05) is 14.2 Å². The Morgan fingerprint density at radius 1 is 1.32 bits per heavy atom. The number of halogens is 3. The maximum Gasteiger partial charge on any atom is 0.471 e. The lowest BCUT2D eigenvalue weighted by Gasteiger charge is -2.27. The number of methoxy groups -OCH3 is 1. The van der Waals surface area contributed by atoms with E-state index in [2.05, 4.69) is 14.7 Å². The van der Waals surface area contributed by atoms with E-state index in [1.165, 1.54) is 12.0 Å². The molecule has 1 amide bonds. The Kier molecular flexibility index (Phi) is 5.78. The topological polar surface area (TPSA) is 68.5 Å². The van der Waals surface area contributed by atoms with Gasteiger partial charge in [0.05, 0.1) is 0 Å². The number of hydrogen-bond donors (Lipinski definition) is 0. The fourth-order valence-electron chi connectivity index (χ4n) is 2.29. The van der Waals surface area contributed by atoms with Gasteiger partial charge < -0.3 is 14.2 Å². The van der Waals surface area contributed by atoms with Gasteiger partial charge in [-0.05, 0) is 6.42 Å². The van der Waals surface area contributed by atoms with Gasteiger partial charge in [0.1, 0.15) is 0 Å². The number of carbonyl (C=O) groups excluding carboxylic acids is 1. The normalized spacial score (nSPS) is 12.9. The van der Waals surface area contributed by atoms with Crippen LogP contribution in [0.3, 0.4) is 0 Å². The summed E-state index contributed by atoms with van der Waals surface area (Å²) in [5.74, 6) is -1.62. The molecule has 0 saturated heterocycles. The third kappa shape index (κ3) is 4.36. The van der Waals surface area contributed by atoms with Crippen molar-refractivity contribution in [3.63, 3.8) is 0 Å². The molecule has 25 heavy (non-hydrogen) atoms. The second-order valence-electron chi connectivity index (χ2n) is 5.39. The number of nitrogens with zero attached hydrogens (tertiary/aromatic N) is 3. The zero-order valence-electron chi connectivity index (χ0n) is 14.0. The second-order valence-corrected chi connectivity index (χ2v) is 5.39. The highest BCUT2D eigenvalue weighted by molar-refractivity contribution is 5.76. The average Bonchev–Trinajstić information content (AvgIpc) is 3.06. The third-order valence-electron chi connectivity index (χ3n) is 3.55. The minimum absolute atomic E-state index is 0.0635. The highest BCUT2D eigenvalue weighted by Gasteiger charge is 2.38. The summed E-state index contributed by atoms with van der Waals surface area (Å²) < 4.78 is 47.1. The van der Waals surface area contributed by atoms with Crippen LogP contribution in [0, 0.1) is 0 Å². The summed E-state index contributed by atoms with van der Waals surface area (Å²) in [6.07, 6.45) is -4.16. The lowest BCUT2D eigenvalue weighted by molar-refractivity contribution is -0.159. The van der Waals surface area contributed by atoms with Gasteiger partial charge in [-0.25, -0.2) is 0 Å². The standard InChI is InChI=1S/C16H18F3N3O3/c1-4-5-12(23)22(2)14(24-3)11-8-6-10(7-9-11)13-20-15(25-21-13)16(17,18)19/h6-9,14H,4-5H2,1-3H3. The van der Waals surface area contributed by atoms with Crippen LogP contribution in [0.5, 0.6) is 0 Å². The van der Waals surface area contributed by atoms with E-state index in [-0.39, 0.29) is 11.7 Å². The number of amides is 1. The predicted molar refractivity (Wildman–Crippen MR) is 82.2 cm³/mol. The molecule has 0 spiro atoms. The molecule has 0 aliphatic carbocycles. The summed E-state index contributed by atoms with van der Waals surface area (Å²) in [7, 11) is 3.11. The van der Waals surface area contributed by atoms with E-state index < -0.39 is 18.3 Å². The molecule has 136 valence electrons. The summed E-state index contributed by atoms with van der Waals surface area (Å²) in [4.78, 5) is 16.8. The molecule has 0 N–H and O–H groups in total. The number of benzene rings is 1. The molecule has 9 heteroatoms. The van der Waals surface area contributed by atoms with Crippen molar-refractivity contribution < 1.29 is 27.2 Å². The lowest BCUT2D eigenvalue weighted by atomic mass is 10.1. The molecule has 0 saturated carbocycles. The van der Waals surface area contributed by atoms with E-state index in [1.807, 2.05) is 6.92 Å². The number of hydrogen-bond acceptors (Lipinski definition) is 5. The predicted octanol–water partition coefficient (Wildman–Crippen LogP) is 3.66. The zero-order valence-corrected chi connectivity index (χ0v) is 14.0. The van der Waals surface area contributed by atoms with E-state index in [9.17, 15) is 18.0 Å². The van der Waals surface area contributed by atoms with Crippen molar-refractivity contribution in [2.45, 2.75) is 32.2 Å². The highest BCUT2D eigenvalue weighted by Crippen LogP contribution is 2.30. The summed E-state index contributed by atoms with van der Waals surface area (Å²) in [5.41, 5.74) is 1.04. The van der Waals surface area contributed by atoms with Crippen LogP contribution in [0.1, 0.15) is 37.4 Å². The summed E-state index contributed by atoms with van der Waals surface area (Å²) in [6.45, 7) is 1.91. The number of ether oxygens (including phenoxy) is 1. The maximum absolute atomic E-state index is 12.5. The van der Waals surface area contributed by atoms with Gasteiger partial charge in [-0.2, -0.15) is 18.2 Å². The first-order valence-corrected chi connectivity index (χ1v) is 7.57. The molecule has 6 nitrogen and oxygen atoms in total. The number of alkyl halides is 3. The summed E-state index contributed by atoms with van der Waals surface area (Å²) >= 11 is 0. The van der Waals surface area contributed by atoms with E-state index in [4.69, 9.17) is 4.74 Å². The first-order chi connectivity index (χ1) is 11.8. The van der Waals surface area contributed by atoms with Crippen molar-refractivity contribution >= 4 is 5.91 Å². The van der Waals surface area contributed by atoms with E-state index in [0.717, 1.165) is 6.42 Å². The molecule has 0 fully saturated rings. The van der Waals surface area contributed by atoms with Gasteiger partial charge in [-0.15, -0.1) is 0 Å². The fourth-order valence-corrected chi connectivity index (χ4v) is 2.29. The first-order valence-electron chi connectivity index (χ1n) is 7.57. The van der Waals surface area contributed by atoms with Crippen molar-refractivity contribution in [3.8, 4) is 11.4 Å². The van der Waals surface area contributed by atoms with Crippen LogP contribution in [0.15, 0.2) is 28.8 Å². The van der Waals surface area contributed by atoms with Gasteiger partial charge in [-0.3, -0.25) is 4.79 Å².